The summed E-state index contributed by atoms with van der Waals surface area (Å²) in [5, 5.41) is 4.57. The second-order valence-corrected chi connectivity index (χ2v) is 9.71. The van der Waals surface area contributed by atoms with Crippen LogP contribution in [0.2, 0.25) is 0 Å². The van der Waals surface area contributed by atoms with Gasteiger partial charge in [0.05, 0.1) is 0 Å². The Kier molecular flexibility index (Phi) is 5.88. The molecule has 0 aliphatic carbocycles. The molecule has 4 nitrogen and oxygen atoms in total. The number of aryl methyl sites for hydroxylation is 4. The van der Waals surface area contributed by atoms with Gasteiger partial charge in [-0.05, 0) is 62.1 Å². The largest absolute Gasteiger partial charge is 0.325 e. The van der Waals surface area contributed by atoms with Crippen LogP contribution in [0.3, 0.4) is 0 Å². The van der Waals surface area contributed by atoms with Crippen LogP contribution >= 0.6 is 23.1 Å². The van der Waals surface area contributed by atoms with Gasteiger partial charge in [0, 0.05) is 16.0 Å². The van der Waals surface area contributed by atoms with Gasteiger partial charge in [0.15, 0.2) is 0 Å². The Labute approximate surface area is 184 Å². The summed E-state index contributed by atoms with van der Waals surface area (Å²) in [7, 11) is 0. The second kappa shape index (κ2) is 8.58. The zero-order chi connectivity index (χ0) is 21.3. The maximum absolute atomic E-state index is 13.4. The highest BCUT2D eigenvalue weighted by Gasteiger charge is 2.25. The Hall–Kier alpha value is -2.70. The van der Waals surface area contributed by atoms with Gasteiger partial charge in [0.2, 0.25) is 5.91 Å². The first-order valence-electron chi connectivity index (χ1n) is 9.74. The van der Waals surface area contributed by atoms with Crippen LogP contribution in [0.1, 0.15) is 32.4 Å². The van der Waals surface area contributed by atoms with Crippen LogP contribution in [0.15, 0.2) is 59.9 Å². The van der Waals surface area contributed by atoms with E-state index in [0.717, 1.165) is 37.6 Å². The van der Waals surface area contributed by atoms with Gasteiger partial charge in [-0.1, -0.05) is 48.2 Å². The van der Waals surface area contributed by atoms with Crippen LogP contribution in [-0.2, 0) is 4.79 Å². The van der Waals surface area contributed by atoms with Crippen LogP contribution in [0.4, 0.5) is 5.69 Å². The van der Waals surface area contributed by atoms with E-state index in [4.69, 9.17) is 0 Å². The summed E-state index contributed by atoms with van der Waals surface area (Å²) in [6.07, 6.45) is 1.59. The number of nitrogens with zero attached hydrogens (tertiary/aromatic N) is 2. The first kappa shape index (κ1) is 20.6. The Balaban J connectivity index is 1.72. The molecule has 0 fully saturated rings. The maximum Gasteiger partial charge on any atom is 0.242 e. The third-order valence-electron chi connectivity index (χ3n) is 4.99. The van der Waals surface area contributed by atoms with E-state index in [1.54, 1.807) is 17.7 Å². The number of thiophene rings is 1. The minimum atomic E-state index is -0.426. The quantitative estimate of drug-likeness (QED) is 0.292. The number of hydrogen-bond donors (Lipinski definition) is 1. The molecule has 6 heteroatoms. The van der Waals surface area contributed by atoms with Crippen molar-refractivity contribution < 1.29 is 4.79 Å². The van der Waals surface area contributed by atoms with Crippen molar-refractivity contribution in [1.82, 2.24) is 9.97 Å². The molecule has 1 N–H and O–H groups in total. The number of rotatable bonds is 5. The first-order chi connectivity index (χ1) is 14.4. The summed E-state index contributed by atoms with van der Waals surface area (Å²) in [5.74, 6) is -0.0624. The summed E-state index contributed by atoms with van der Waals surface area (Å²) < 4.78 is 0. The number of fused-ring (bicyclic) bond motifs is 1. The summed E-state index contributed by atoms with van der Waals surface area (Å²) in [5.41, 5.74) is 5.18. The van der Waals surface area contributed by atoms with Gasteiger partial charge in [-0.25, -0.2) is 9.97 Å². The molecule has 1 atom stereocenters. The molecule has 30 heavy (non-hydrogen) atoms. The predicted octanol–water partition coefficient (Wildman–Crippen LogP) is 6.40. The lowest BCUT2D eigenvalue weighted by atomic mass is 10.1. The molecule has 1 unspecified atom stereocenters. The lowest BCUT2D eigenvalue weighted by molar-refractivity contribution is -0.115. The Morgan fingerprint density at radius 3 is 2.40 bits per heavy atom. The predicted molar refractivity (Wildman–Crippen MR) is 126 cm³/mol. The number of hydrogen-bond acceptors (Lipinski definition) is 5. The zero-order valence-electron chi connectivity index (χ0n) is 17.4. The molecule has 0 saturated heterocycles. The van der Waals surface area contributed by atoms with E-state index in [2.05, 4.69) is 35.2 Å². The van der Waals surface area contributed by atoms with E-state index in [1.165, 1.54) is 22.2 Å². The van der Waals surface area contributed by atoms with E-state index >= 15 is 0 Å². The van der Waals surface area contributed by atoms with Gasteiger partial charge in [-0.15, -0.1) is 11.3 Å². The minimum Gasteiger partial charge on any atom is -0.325 e. The van der Waals surface area contributed by atoms with Gasteiger partial charge in [-0.3, -0.25) is 4.79 Å². The van der Waals surface area contributed by atoms with Crippen molar-refractivity contribution in [2.24, 2.45) is 0 Å². The second-order valence-electron chi connectivity index (χ2n) is 7.42. The fourth-order valence-corrected chi connectivity index (χ4v) is 5.73. The van der Waals surface area contributed by atoms with Crippen molar-refractivity contribution in [2.75, 3.05) is 5.32 Å². The molecule has 1 amide bonds. The molecule has 2 aromatic heterocycles. The minimum absolute atomic E-state index is 0.0624. The molecule has 0 aliphatic rings. The number of thioether (sulfide) groups is 1. The molecule has 0 radical (unpaired) electrons. The van der Waals surface area contributed by atoms with Crippen LogP contribution in [-0.4, -0.2) is 15.9 Å². The number of amides is 1. The molecule has 0 aliphatic heterocycles. The molecule has 2 aromatic carbocycles. The molecule has 152 valence electrons. The monoisotopic (exact) mass is 433 g/mol. The lowest BCUT2D eigenvalue weighted by Crippen LogP contribution is -2.19. The Morgan fingerprint density at radius 1 is 1.00 bits per heavy atom. The van der Waals surface area contributed by atoms with E-state index in [0.29, 0.717) is 0 Å². The fraction of sp³-hybridized carbons (Fsp3) is 0.208. The van der Waals surface area contributed by atoms with Crippen LogP contribution in [0.25, 0.3) is 10.2 Å². The topological polar surface area (TPSA) is 54.9 Å². The third-order valence-corrected chi connectivity index (χ3v) is 7.36. The Bertz CT molecular complexity index is 1200. The fourth-order valence-electron chi connectivity index (χ4n) is 3.51. The third kappa shape index (κ3) is 4.25. The van der Waals surface area contributed by atoms with Crippen LogP contribution in [0.5, 0.6) is 0 Å². The number of nitrogens with one attached hydrogen (secondary N) is 1. The average molecular weight is 434 g/mol. The van der Waals surface area contributed by atoms with Gasteiger partial charge in [-0.2, -0.15) is 0 Å². The molecule has 0 saturated carbocycles. The number of benzene rings is 2. The summed E-state index contributed by atoms with van der Waals surface area (Å²) in [4.78, 5) is 24.6. The van der Waals surface area contributed by atoms with Crippen molar-refractivity contribution in [2.45, 2.75) is 38.0 Å². The average Bonchev–Trinajstić information content (AvgIpc) is 3.00. The van der Waals surface area contributed by atoms with Crippen molar-refractivity contribution >= 4 is 44.9 Å². The summed E-state index contributed by atoms with van der Waals surface area (Å²) in [6, 6.07) is 15.9. The van der Waals surface area contributed by atoms with E-state index in [-0.39, 0.29) is 5.91 Å². The van der Waals surface area contributed by atoms with Gasteiger partial charge in [0.1, 0.15) is 21.4 Å². The normalized spacial score (nSPS) is 12.1. The van der Waals surface area contributed by atoms with Gasteiger partial charge in [0.25, 0.3) is 0 Å². The van der Waals surface area contributed by atoms with Crippen LogP contribution < -0.4 is 5.32 Å². The molecule has 2 heterocycles. The zero-order valence-corrected chi connectivity index (χ0v) is 19.0. The number of carbonyl (C=O) groups excluding carboxylic acids is 1. The molecular formula is C24H23N3OS2. The van der Waals surface area contributed by atoms with E-state index in [1.807, 2.05) is 56.3 Å². The highest BCUT2D eigenvalue weighted by Crippen LogP contribution is 2.41. The van der Waals surface area contributed by atoms with Crippen molar-refractivity contribution in [3.05, 3.63) is 82.0 Å². The van der Waals surface area contributed by atoms with Crippen molar-refractivity contribution in [3.8, 4) is 0 Å². The summed E-state index contributed by atoms with van der Waals surface area (Å²) >= 11 is 3.14. The standard InChI is InChI=1S/C24H23N3OS2/c1-14-10-15(2)12-19(11-14)27-22(28)21(18-8-6-5-7-9-18)30-24-20-16(3)17(4)29-23(20)25-13-26-24/h5-13,21H,1-4H3,(H,27,28). The molecule has 0 bridgehead atoms. The van der Waals surface area contributed by atoms with Crippen molar-refractivity contribution in [3.63, 3.8) is 0 Å². The van der Waals surface area contributed by atoms with Gasteiger partial charge < -0.3 is 5.32 Å². The maximum atomic E-state index is 13.4. The van der Waals surface area contributed by atoms with E-state index < -0.39 is 5.25 Å². The summed E-state index contributed by atoms with van der Waals surface area (Å²) in [6.45, 7) is 8.25. The smallest absolute Gasteiger partial charge is 0.242 e. The Morgan fingerprint density at radius 2 is 1.70 bits per heavy atom. The van der Waals surface area contributed by atoms with Gasteiger partial charge >= 0.3 is 0 Å². The molecule has 0 spiro atoms. The van der Waals surface area contributed by atoms with Crippen molar-refractivity contribution in [1.29, 1.82) is 0 Å². The highest BCUT2D eigenvalue weighted by molar-refractivity contribution is 8.00. The number of carbonyl (C=O) groups is 1. The number of anilines is 1. The SMILES string of the molecule is Cc1cc(C)cc(NC(=O)C(Sc2ncnc3sc(C)c(C)c23)c2ccccc2)c1. The first-order valence-corrected chi connectivity index (χ1v) is 11.4. The molecule has 4 rings (SSSR count). The van der Waals surface area contributed by atoms with Crippen LogP contribution in [0, 0.1) is 27.7 Å². The van der Waals surface area contributed by atoms with E-state index in [9.17, 15) is 4.79 Å². The highest BCUT2D eigenvalue weighted by atomic mass is 32.2. The molecule has 4 aromatic rings. The lowest BCUT2D eigenvalue weighted by Gasteiger charge is -2.17. The molecular weight excluding hydrogens is 410 g/mol. The number of aromatic nitrogens is 2.